The van der Waals surface area contributed by atoms with Gasteiger partial charge < -0.3 is 5.32 Å². The Morgan fingerprint density at radius 2 is 2.25 bits per heavy atom. The van der Waals surface area contributed by atoms with E-state index < -0.39 is 0 Å². The van der Waals surface area contributed by atoms with E-state index in [1.165, 1.54) is 11.9 Å². The van der Waals surface area contributed by atoms with E-state index in [2.05, 4.69) is 32.8 Å². The van der Waals surface area contributed by atoms with Crippen LogP contribution in [-0.2, 0) is 0 Å². The Morgan fingerprint density at radius 3 is 2.81 bits per heavy atom. The van der Waals surface area contributed by atoms with Gasteiger partial charge in [0.25, 0.3) is 0 Å². The molecular formula is C10H13ClN4S. The summed E-state index contributed by atoms with van der Waals surface area (Å²) in [5.41, 5.74) is 1.20. The normalized spacial score (nSPS) is 14.9. The average Bonchev–Trinajstić information content (AvgIpc) is 2.87. The predicted octanol–water partition coefficient (Wildman–Crippen LogP) is 2.93. The predicted molar refractivity (Wildman–Crippen MR) is 65.7 cm³/mol. The summed E-state index contributed by atoms with van der Waals surface area (Å²) in [6.07, 6.45) is 1.51. The van der Waals surface area contributed by atoms with Crippen molar-refractivity contribution in [3.63, 3.8) is 0 Å². The first-order valence-corrected chi connectivity index (χ1v) is 6.28. The lowest BCUT2D eigenvalue weighted by Gasteiger charge is -2.17. The topological polar surface area (TPSA) is 53.6 Å². The van der Waals surface area contributed by atoms with Crippen molar-refractivity contribution in [2.45, 2.75) is 25.9 Å². The van der Waals surface area contributed by atoms with Gasteiger partial charge in [0.05, 0.1) is 10.4 Å². The number of aromatic amines is 1. The van der Waals surface area contributed by atoms with E-state index in [4.69, 9.17) is 11.6 Å². The molecule has 0 bridgehead atoms. The third-order valence-corrected chi connectivity index (χ3v) is 3.54. The molecule has 0 spiro atoms. The van der Waals surface area contributed by atoms with Crippen LogP contribution in [0.1, 0.15) is 37.3 Å². The maximum Gasteiger partial charge on any atom is 0.141 e. The van der Waals surface area contributed by atoms with Crippen LogP contribution in [-0.4, -0.2) is 15.2 Å². The van der Waals surface area contributed by atoms with Crippen LogP contribution in [0.5, 0.6) is 0 Å². The number of halogens is 1. The quantitative estimate of drug-likeness (QED) is 0.884. The van der Waals surface area contributed by atoms with Gasteiger partial charge in [0.2, 0.25) is 0 Å². The first-order chi connectivity index (χ1) is 7.66. The molecule has 2 heterocycles. The minimum Gasteiger partial charge on any atom is -0.301 e. The Bertz CT molecular complexity index is 439. The molecule has 16 heavy (non-hydrogen) atoms. The summed E-state index contributed by atoms with van der Waals surface area (Å²) in [4.78, 5) is 4.12. The van der Waals surface area contributed by atoms with Gasteiger partial charge in [-0.25, -0.2) is 4.98 Å². The van der Waals surface area contributed by atoms with Crippen molar-refractivity contribution in [2.24, 2.45) is 0 Å². The molecule has 2 atom stereocenters. The highest BCUT2D eigenvalue weighted by molar-refractivity contribution is 7.14. The van der Waals surface area contributed by atoms with Crippen LogP contribution in [0, 0.1) is 0 Å². The Kier molecular flexibility index (Phi) is 3.58. The summed E-state index contributed by atoms with van der Waals surface area (Å²) in [7, 11) is 0. The number of aromatic nitrogens is 3. The van der Waals surface area contributed by atoms with Crippen molar-refractivity contribution in [2.75, 3.05) is 0 Å². The van der Waals surface area contributed by atoms with Crippen LogP contribution in [0.15, 0.2) is 17.8 Å². The van der Waals surface area contributed by atoms with Crippen LogP contribution >= 0.6 is 22.9 Å². The largest absolute Gasteiger partial charge is 0.301 e. The molecule has 0 aliphatic rings. The molecule has 2 rings (SSSR count). The lowest BCUT2D eigenvalue weighted by Crippen LogP contribution is -2.23. The first-order valence-electron chi connectivity index (χ1n) is 5.02. The van der Waals surface area contributed by atoms with E-state index in [0.29, 0.717) is 0 Å². The van der Waals surface area contributed by atoms with Crippen LogP contribution < -0.4 is 5.32 Å². The fourth-order valence-corrected chi connectivity index (χ4v) is 2.51. The standard InChI is InChI=1S/C10H13ClN4S/c1-6(8-3-9(11)16-4-8)14-7(2)10-12-5-13-15-10/h3-7,14H,1-2H3,(H,12,13,15). The van der Waals surface area contributed by atoms with Gasteiger partial charge in [-0.05, 0) is 30.9 Å². The number of H-pyrrole nitrogens is 1. The molecule has 2 unspecified atom stereocenters. The Labute approximate surface area is 103 Å². The summed E-state index contributed by atoms with van der Waals surface area (Å²) >= 11 is 7.45. The molecule has 0 radical (unpaired) electrons. The van der Waals surface area contributed by atoms with Gasteiger partial charge in [0.1, 0.15) is 12.2 Å². The second-order valence-electron chi connectivity index (χ2n) is 3.66. The number of nitrogens with zero attached hydrogens (tertiary/aromatic N) is 2. The highest BCUT2D eigenvalue weighted by Crippen LogP contribution is 2.25. The van der Waals surface area contributed by atoms with Gasteiger partial charge >= 0.3 is 0 Å². The minimum absolute atomic E-state index is 0.135. The number of rotatable bonds is 4. The third-order valence-electron chi connectivity index (χ3n) is 2.43. The number of nitrogens with one attached hydrogen (secondary N) is 2. The average molecular weight is 257 g/mol. The molecule has 0 saturated heterocycles. The van der Waals surface area contributed by atoms with Gasteiger partial charge in [-0.15, -0.1) is 11.3 Å². The molecule has 2 N–H and O–H groups in total. The van der Waals surface area contributed by atoms with Crippen LogP contribution in [0.2, 0.25) is 4.34 Å². The lowest BCUT2D eigenvalue weighted by molar-refractivity contribution is 0.478. The van der Waals surface area contributed by atoms with Crippen molar-refractivity contribution in [1.29, 1.82) is 0 Å². The molecule has 0 saturated carbocycles. The molecule has 0 aliphatic carbocycles. The zero-order valence-electron chi connectivity index (χ0n) is 9.07. The lowest BCUT2D eigenvalue weighted by atomic mass is 10.1. The molecular weight excluding hydrogens is 244 g/mol. The fraction of sp³-hybridized carbons (Fsp3) is 0.400. The third kappa shape index (κ3) is 2.61. The van der Waals surface area contributed by atoms with Crippen molar-refractivity contribution in [3.8, 4) is 0 Å². The van der Waals surface area contributed by atoms with E-state index in [0.717, 1.165) is 10.2 Å². The van der Waals surface area contributed by atoms with Crippen molar-refractivity contribution in [3.05, 3.63) is 33.5 Å². The highest BCUT2D eigenvalue weighted by Gasteiger charge is 2.13. The van der Waals surface area contributed by atoms with Crippen LogP contribution in [0.4, 0.5) is 0 Å². The second-order valence-corrected chi connectivity index (χ2v) is 5.21. The molecule has 2 aromatic heterocycles. The fourth-order valence-electron chi connectivity index (χ4n) is 1.52. The first kappa shape index (κ1) is 11.6. The van der Waals surface area contributed by atoms with Crippen molar-refractivity contribution >= 4 is 22.9 Å². The molecule has 0 aliphatic heterocycles. The number of thiophene rings is 1. The van der Waals surface area contributed by atoms with Crippen LogP contribution in [0.25, 0.3) is 0 Å². The molecule has 0 amide bonds. The van der Waals surface area contributed by atoms with E-state index in [-0.39, 0.29) is 12.1 Å². The van der Waals surface area contributed by atoms with Gasteiger partial charge in [-0.2, -0.15) is 5.10 Å². The Morgan fingerprint density at radius 1 is 1.44 bits per heavy atom. The summed E-state index contributed by atoms with van der Waals surface area (Å²) in [6.45, 7) is 4.15. The van der Waals surface area contributed by atoms with Gasteiger partial charge in [-0.3, -0.25) is 5.10 Å². The molecule has 2 aromatic rings. The summed E-state index contributed by atoms with van der Waals surface area (Å²) in [5, 5.41) is 12.2. The molecule has 4 nitrogen and oxygen atoms in total. The van der Waals surface area contributed by atoms with Gasteiger partial charge in [0.15, 0.2) is 0 Å². The minimum atomic E-state index is 0.135. The van der Waals surface area contributed by atoms with Crippen molar-refractivity contribution < 1.29 is 0 Å². The van der Waals surface area contributed by atoms with E-state index in [1.807, 2.05) is 13.0 Å². The zero-order chi connectivity index (χ0) is 11.5. The van der Waals surface area contributed by atoms with Gasteiger partial charge in [0, 0.05) is 6.04 Å². The highest BCUT2D eigenvalue weighted by atomic mass is 35.5. The van der Waals surface area contributed by atoms with Crippen LogP contribution in [0.3, 0.4) is 0 Å². The monoisotopic (exact) mass is 256 g/mol. The van der Waals surface area contributed by atoms with E-state index in [9.17, 15) is 0 Å². The summed E-state index contributed by atoms with van der Waals surface area (Å²) in [6, 6.07) is 2.36. The van der Waals surface area contributed by atoms with Crippen molar-refractivity contribution in [1.82, 2.24) is 20.5 Å². The smallest absolute Gasteiger partial charge is 0.141 e. The summed E-state index contributed by atoms with van der Waals surface area (Å²) in [5.74, 6) is 0.841. The second kappa shape index (κ2) is 4.95. The van der Waals surface area contributed by atoms with E-state index in [1.54, 1.807) is 11.3 Å². The Hall–Kier alpha value is -0.910. The molecule has 0 fully saturated rings. The van der Waals surface area contributed by atoms with E-state index >= 15 is 0 Å². The molecule has 86 valence electrons. The zero-order valence-corrected chi connectivity index (χ0v) is 10.6. The maximum atomic E-state index is 5.90. The molecule has 6 heteroatoms. The Balaban J connectivity index is 2.00. The van der Waals surface area contributed by atoms with Gasteiger partial charge in [-0.1, -0.05) is 11.6 Å². The number of hydrogen-bond donors (Lipinski definition) is 2. The summed E-state index contributed by atoms with van der Waals surface area (Å²) < 4.78 is 0.816. The molecule has 0 aromatic carbocycles. The number of hydrogen-bond acceptors (Lipinski definition) is 4. The SMILES string of the molecule is CC(NC(C)c1ncn[nH]1)c1csc(Cl)c1. The maximum absolute atomic E-state index is 5.90.